The van der Waals surface area contributed by atoms with Crippen LogP contribution in [-0.2, 0) is 10.4 Å². The van der Waals surface area contributed by atoms with Gasteiger partial charge in [-0.15, -0.1) is 0 Å². The lowest BCUT2D eigenvalue weighted by Crippen LogP contribution is -2.40. The van der Waals surface area contributed by atoms with Crippen molar-refractivity contribution in [3.05, 3.63) is 75.4 Å². The summed E-state index contributed by atoms with van der Waals surface area (Å²) in [7, 11) is 1.62. The van der Waals surface area contributed by atoms with Crippen LogP contribution in [0.4, 0.5) is 5.69 Å². The summed E-state index contributed by atoms with van der Waals surface area (Å²) >= 11 is 2.13. The number of ketones is 1. The highest BCUT2D eigenvalue weighted by atomic mass is 127. The van der Waals surface area contributed by atoms with E-state index in [2.05, 4.69) is 22.6 Å². The smallest absolute Gasteiger partial charge is 0.263 e. The first kappa shape index (κ1) is 17.2. The van der Waals surface area contributed by atoms with E-state index in [1.807, 2.05) is 36.4 Å². The Morgan fingerprint density at radius 1 is 1.08 bits per heavy atom. The van der Waals surface area contributed by atoms with Gasteiger partial charge in [0.15, 0.2) is 11.4 Å². The van der Waals surface area contributed by atoms with E-state index >= 15 is 0 Å². The maximum atomic E-state index is 12.9. The van der Waals surface area contributed by atoms with E-state index in [-0.39, 0.29) is 12.2 Å². The van der Waals surface area contributed by atoms with Gasteiger partial charge >= 0.3 is 0 Å². The number of hydrogen-bond acceptors (Lipinski definition) is 3. The molecule has 1 heterocycles. The van der Waals surface area contributed by atoms with E-state index in [0.29, 0.717) is 16.8 Å². The molecule has 0 saturated heterocycles. The molecule has 1 aliphatic rings. The van der Waals surface area contributed by atoms with Crippen LogP contribution in [0.5, 0.6) is 0 Å². The highest BCUT2D eigenvalue weighted by Gasteiger charge is 2.49. The lowest BCUT2D eigenvalue weighted by atomic mass is 9.88. The van der Waals surface area contributed by atoms with Crippen molar-refractivity contribution in [3.63, 3.8) is 0 Å². The molecular weight excluding hydrogens is 441 g/mol. The lowest BCUT2D eigenvalue weighted by Gasteiger charge is -2.21. The lowest BCUT2D eigenvalue weighted by molar-refractivity contribution is -0.135. The van der Waals surface area contributed by atoms with Gasteiger partial charge in [-0.1, -0.05) is 36.4 Å². The average molecular weight is 457 g/mol. The monoisotopic (exact) mass is 457 g/mol. The minimum Gasteiger partial charge on any atom is -0.375 e. The van der Waals surface area contributed by atoms with Crippen molar-refractivity contribution >= 4 is 50.7 Å². The Morgan fingerprint density at radius 2 is 1.81 bits per heavy atom. The topological polar surface area (TPSA) is 57.6 Å². The molecule has 1 unspecified atom stereocenters. The molecule has 1 amide bonds. The summed E-state index contributed by atoms with van der Waals surface area (Å²) in [5.74, 6) is -0.727. The van der Waals surface area contributed by atoms with Gasteiger partial charge in [-0.3, -0.25) is 9.59 Å². The van der Waals surface area contributed by atoms with Crippen LogP contribution < -0.4 is 4.90 Å². The molecule has 4 nitrogen and oxygen atoms in total. The molecule has 0 aliphatic carbocycles. The van der Waals surface area contributed by atoms with Crippen LogP contribution in [-0.4, -0.2) is 23.8 Å². The van der Waals surface area contributed by atoms with Gasteiger partial charge in [0.25, 0.3) is 5.91 Å². The largest absolute Gasteiger partial charge is 0.375 e. The number of carbonyl (C=O) groups is 2. The van der Waals surface area contributed by atoms with Crippen LogP contribution in [0.3, 0.4) is 0 Å². The Bertz CT molecular complexity index is 1060. The number of Topliss-reactive ketones (excluding diaryl/α,β-unsaturated/α-hetero) is 1. The normalized spacial score (nSPS) is 19.0. The van der Waals surface area contributed by atoms with Crippen LogP contribution in [0.15, 0.2) is 60.7 Å². The van der Waals surface area contributed by atoms with Gasteiger partial charge in [0.2, 0.25) is 0 Å². The SMILES string of the molecule is CN1C(=O)C(O)(CC(=O)c2ccc3ccccc3c2)c2cc(I)ccc21. The van der Waals surface area contributed by atoms with Crippen molar-refractivity contribution in [2.24, 2.45) is 0 Å². The summed E-state index contributed by atoms with van der Waals surface area (Å²) in [5, 5.41) is 13.1. The summed E-state index contributed by atoms with van der Waals surface area (Å²) in [6.45, 7) is 0. The molecule has 1 N–H and O–H groups in total. The average Bonchev–Trinajstić information content (AvgIpc) is 2.82. The second kappa shape index (κ2) is 6.17. The molecule has 0 spiro atoms. The second-order valence-corrected chi connectivity index (χ2v) is 7.79. The molecule has 0 bridgehead atoms. The number of aliphatic hydroxyl groups is 1. The zero-order valence-electron chi connectivity index (χ0n) is 14.1. The molecule has 0 aromatic heterocycles. The van der Waals surface area contributed by atoms with Crippen molar-refractivity contribution in [1.29, 1.82) is 0 Å². The fourth-order valence-corrected chi connectivity index (χ4v) is 3.99. The number of halogens is 1. The molecule has 4 rings (SSSR count). The standard InChI is InChI=1S/C21H16INO3/c1-23-18-9-8-16(22)11-17(18)21(26,20(23)25)12-19(24)15-7-6-13-4-2-3-5-14(13)10-15/h2-11,26H,12H2,1H3. The third-order valence-corrected chi connectivity index (χ3v) is 5.58. The van der Waals surface area contributed by atoms with Crippen molar-refractivity contribution in [2.45, 2.75) is 12.0 Å². The van der Waals surface area contributed by atoms with E-state index in [4.69, 9.17) is 0 Å². The van der Waals surface area contributed by atoms with Crippen LogP contribution in [0.25, 0.3) is 10.8 Å². The van der Waals surface area contributed by atoms with Gasteiger partial charge in [-0.2, -0.15) is 0 Å². The molecule has 0 saturated carbocycles. The molecule has 130 valence electrons. The summed E-state index contributed by atoms with van der Waals surface area (Å²) in [4.78, 5) is 27.0. The fourth-order valence-electron chi connectivity index (χ4n) is 3.50. The molecule has 1 aliphatic heterocycles. The zero-order valence-corrected chi connectivity index (χ0v) is 16.2. The Balaban J connectivity index is 1.72. The van der Waals surface area contributed by atoms with Crippen molar-refractivity contribution in [3.8, 4) is 0 Å². The highest BCUT2D eigenvalue weighted by molar-refractivity contribution is 14.1. The van der Waals surface area contributed by atoms with Gasteiger partial charge in [0.05, 0.1) is 12.1 Å². The number of nitrogens with zero attached hydrogens (tertiary/aromatic N) is 1. The van der Waals surface area contributed by atoms with E-state index in [1.165, 1.54) is 4.90 Å². The minimum absolute atomic E-state index is 0.258. The number of likely N-dealkylation sites (N-methyl/N-ethyl adjacent to an activating group) is 1. The minimum atomic E-state index is -1.83. The maximum Gasteiger partial charge on any atom is 0.263 e. The predicted molar refractivity (Wildman–Crippen MR) is 109 cm³/mol. The third-order valence-electron chi connectivity index (χ3n) is 4.91. The third kappa shape index (κ3) is 2.62. The molecule has 5 heteroatoms. The Labute approximate surface area is 164 Å². The number of hydrogen-bond donors (Lipinski definition) is 1. The van der Waals surface area contributed by atoms with Crippen molar-refractivity contribution in [2.75, 3.05) is 11.9 Å². The van der Waals surface area contributed by atoms with Crippen LogP contribution >= 0.6 is 22.6 Å². The van der Waals surface area contributed by atoms with E-state index in [1.54, 1.807) is 31.3 Å². The van der Waals surface area contributed by atoms with E-state index in [0.717, 1.165) is 14.3 Å². The van der Waals surface area contributed by atoms with Crippen LogP contribution in [0, 0.1) is 3.57 Å². The van der Waals surface area contributed by atoms with Gasteiger partial charge in [0.1, 0.15) is 0 Å². The number of carbonyl (C=O) groups excluding carboxylic acids is 2. The Morgan fingerprint density at radius 3 is 2.58 bits per heavy atom. The first-order valence-electron chi connectivity index (χ1n) is 8.23. The van der Waals surface area contributed by atoms with E-state index in [9.17, 15) is 14.7 Å². The molecular formula is C21H16INO3. The van der Waals surface area contributed by atoms with E-state index < -0.39 is 11.5 Å². The number of rotatable bonds is 3. The molecule has 0 fully saturated rings. The van der Waals surface area contributed by atoms with Crippen molar-refractivity contribution in [1.82, 2.24) is 0 Å². The highest BCUT2D eigenvalue weighted by Crippen LogP contribution is 2.42. The predicted octanol–water partition coefficient (Wildman–Crippen LogP) is 3.88. The van der Waals surface area contributed by atoms with Gasteiger partial charge < -0.3 is 10.0 Å². The number of anilines is 1. The van der Waals surface area contributed by atoms with Crippen LogP contribution in [0.2, 0.25) is 0 Å². The Hall–Kier alpha value is -2.25. The number of fused-ring (bicyclic) bond motifs is 2. The van der Waals surface area contributed by atoms with Gasteiger partial charge in [-0.05, 0) is 57.6 Å². The van der Waals surface area contributed by atoms with Crippen LogP contribution in [0.1, 0.15) is 22.3 Å². The Kier molecular flexibility index (Phi) is 4.08. The van der Waals surface area contributed by atoms with Gasteiger partial charge in [-0.25, -0.2) is 0 Å². The quantitative estimate of drug-likeness (QED) is 0.480. The van der Waals surface area contributed by atoms with Gasteiger partial charge in [0, 0.05) is 21.7 Å². The summed E-state index contributed by atoms with van der Waals surface area (Å²) in [5.41, 5.74) is -0.199. The molecule has 3 aromatic carbocycles. The summed E-state index contributed by atoms with van der Waals surface area (Å²) < 4.78 is 0.904. The molecule has 0 radical (unpaired) electrons. The molecule has 1 atom stereocenters. The molecule has 3 aromatic rings. The number of benzene rings is 3. The fraction of sp³-hybridized carbons (Fsp3) is 0.143. The first-order chi connectivity index (χ1) is 12.4. The number of amides is 1. The maximum absolute atomic E-state index is 12.9. The molecule has 26 heavy (non-hydrogen) atoms. The first-order valence-corrected chi connectivity index (χ1v) is 9.30. The zero-order chi connectivity index (χ0) is 18.5. The van der Waals surface area contributed by atoms with Crippen molar-refractivity contribution < 1.29 is 14.7 Å². The summed E-state index contributed by atoms with van der Waals surface area (Å²) in [6.07, 6.45) is -0.276. The summed E-state index contributed by atoms with van der Waals surface area (Å²) in [6, 6.07) is 18.6. The second-order valence-electron chi connectivity index (χ2n) is 6.55.